The number of fused-ring (bicyclic) bond motifs is 2. The van der Waals surface area contributed by atoms with Crippen molar-refractivity contribution >= 4 is 33.1 Å². The van der Waals surface area contributed by atoms with Gasteiger partial charge in [-0.05, 0) is 43.3 Å². The number of aromatic nitrogens is 3. The van der Waals surface area contributed by atoms with Crippen molar-refractivity contribution in [2.45, 2.75) is 17.7 Å². The predicted octanol–water partition coefficient (Wildman–Crippen LogP) is 0.728. The summed E-state index contributed by atoms with van der Waals surface area (Å²) in [5.74, 6) is -2.40. The molecule has 1 amide bonds. The summed E-state index contributed by atoms with van der Waals surface area (Å²) in [6.07, 6.45) is 2.58. The number of anilines is 1. The number of nitrogens with one attached hydrogen (secondary N) is 2. The molecule has 1 aromatic carbocycles. The second kappa shape index (κ2) is 6.11. The number of benzene rings is 1. The molecule has 0 fully saturated rings. The zero-order chi connectivity index (χ0) is 20.2. The SMILES string of the molecule is CNS(=O)(=O)c1ccc2c(c1)C(c1ncnn3cc(C(=O)O)c(C)c13)C(=O)N2. The molecule has 1 aliphatic heterocycles. The molecular formula is C17H15N5O5S. The van der Waals surface area contributed by atoms with E-state index in [2.05, 4.69) is 20.1 Å². The van der Waals surface area contributed by atoms with Crippen LogP contribution in [-0.4, -0.2) is 47.0 Å². The van der Waals surface area contributed by atoms with Crippen LogP contribution in [0.25, 0.3) is 5.52 Å². The van der Waals surface area contributed by atoms with Gasteiger partial charge in [0.2, 0.25) is 15.9 Å². The fourth-order valence-electron chi connectivity index (χ4n) is 3.41. The molecule has 28 heavy (non-hydrogen) atoms. The Morgan fingerprint density at radius 3 is 2.79 bits per heavy atom. The van der Waals surface area contributed by atoms with E-state index < -0.39 is 21.9 Å². The number of aromatic carboxylic acids is 1. The summed E-state index contributed by atoms with van der Waals surface area (Å²) in [7, 11) is -2.41. The average Bonchev–Trinajstić information content (AvgIpc) is 3.17. The first kappa shape index (κ1) is 18.1. The zero-order valence-electron chi connectivity index (χ0n) is 14.8. The third-order valence-electron chi connectivity index (χ3n) is 4.79. The summed E-state index contributed by atoms with van der Waals surface area (Å²) in [5.41, 5.74) is 2.09. The van der Waals surface area contributed by atoms with Crippen LogP contribution in [0.4, 0.5) is 5.69 Å². The number of hydrogen-bond acceptors (Lipinski definition) is 6. The maximum absolute atomic E-state index is 12.7. The minimum absolute atomic E-state index is 0.0126. The van der Waals surface area contributed by atoms with Crippen LogP contribution in [0.15, 0.2) is 35.6 Å². The van der Waals surface area contributed by atoms with Crippen LogP contribution in [0, 0.1) is 6.92 Å². The Labute approximate surface area is 159 Å². The lowest BCUT2D eigenvalue weighted by atomic mass is 9.95. The molecule has 2 aromatic heterocycles. The summed E-state index contributed by atoms with van der Waals surface area (Å²) in [6.45, 7) is 1.61. The van der Waals surface area contributed by atoms with Gasteiger partial charge in [0.15, 0.2) is 0 Å². The van der Waals surface area contributed by atoms with Crippen molar-refractivity contribution < 1.29 is 23.1 Å². The first-order chi connectivity index (χ1) is 13.2. The van der Waals surface area contributed by atoms with E-state index in [1.165, 1.54) is 42.3 Å². The van der Waals surface area contributed by atoms with Gasteiger partial charge in [0.1, 0.15) is 12.2 Å². The van der Waals surface area contributed by atoms with Crippen LogP contribution in [0.2, 0.25) is 0 Å². The van der Waals surface area contributed by atoms with E-state index in [9.17, 15) is 23.1 Å². The highest BCUT2D eigenvalue weighted by Crippen LogP contribution is 2.39. The molecule has 0 saturated heterocycles. The Bertz CT molecular complexity index is 1260. The smallest absolute Gasteiger partial charge is 0.337 e. The summed E-state index contributed by atoms with van der Waals surface area (Å²) in [6, 6.07) is 4.33. The molecule has 0 saturated carbocycles. The minimum atomic E-state index is -3.71. The van der Waals surface area contributed by atoms with Crippen molar-refractivity contribution in [3.8, 4) is 0 Å². The number of carboxylic acids is 1. The molecule has 11 heteroatoms. The highest BCUT2D eigenvalue weighted by atomic mass is 32.2. The number of carbonyl (C=O) groups excluding carboxylic acids is 1. The van der Waals surface area contributed by atoms with E-state index in [4.69, 9.17) is 0 Å². The third-order valence-corrected chi connectivity index (χ3v) is 6.20. The Morgan fingerprint density at radius 2 is 2.11 bits per heavy atom. The highest BCUT2D eigenvalue weighted by Gasteiger charge is 2.36. The normalized spacial score (nSPS) is 16.2. The molecular weight excluding hydrogens is 386 g/mol. The minimum Gasteiger partial charge on any atom is -0.478 e. The number of carbonyl (C=O) groups is 2. The lowest BCUT2D eigenvalue weighted by Crippen LogP contribution is -2.19. The summed E-state index contributed by atoms with van der Waals surface area (Å²) in [5, 5.41) is 16.1. The molecule has 0 bridgehead atoms. The number of nitrogens with zero attached hydrogens (tertiary/aromatic N) is 3. The van der Waals surface area contributed by atoms with E-state index in [0.717, 1.165) is 0 Å². The standard InChI is InChI=1S/C17H15N5O5S/c1-8-11(17(24)25)6-22-15(8)14(19-7-20-22)13-10-5-9(28(26,27)18-2)3-4-12(10)21-16(13)23/h3-7,13,18H,1-2H3,(H,21,23)(H,24,25). The Morgan fingerprint density at radius 1 is 1.36 bits per heavy atom. The molecule has 1 atom stereocenters. The van der Waals surface area contributed by atoms with Crippen LogP contribution in [-0.2, 0) is 14.8 Å². The molecule has 3 heterocycles. The molecule has 1 aliphatic rings. The maximum atomic E-state index is 12.7. The van der Waals surface area contributed by atoms with E-state index in [1.54, 1.807) is 6.92 Å². The first-order valence-electron chi connectivity index (χ1n) is 8.19. The van der Waals surface area contributed by atoms with Gasteiger partial charge in [0, 0.05) is 11.9 Å². The monoisotopic (exact) mass is 401 g/mol. The molecule has 0 spiro atoms. The van der Waals surface area contributed by atoms with Crippen molar-refractivity contribution in [3.63, 3.8) is 0 Å². The number of rotatable bonds is 4. The summed E-state index contributed by atoms with van der Waals surface area (Å²) < 4.78 is 27.9. The van der Waals surface area contributed by atoms with Gasteiger partial charge in [-0.25, -0.2) is 27.4 Å². The van der Waals surface area contributed by atoms with Crippen molar-refractivity contribution in [1.82, 2.24) is 19.3 Å². The quantitative estimate of drug-likeness (QED) is 0.585. The van der Waals surface area contributed by atoms with Gasteiger partial charge in [-0.15, -0.1) is 0 Å². The lowest BCUT2D eigenvalue weighted by Gasteiger charge is -2.12. The number of amides is 1. The average molecular weight is 401 g/mol. The molecule has 0 aliphatic carbocycles. The van der Waals surface area contributed by atoms with Crippen LogP contribution in [0.3, 0.4) is 0 Å². The largest absolute Gasteiger partial charge is 0.478 e. The van der Waals surface area contributed by atoms with Gasteiger partial charge in [0.05, 0.1) is 21.7 Å². The van der Waals surface area contributed by atoms with E-state index >= 15 is 0 Å². The lowest BCUT2D eigenvalue weighted by molar-refractivity contribution is -0.116. The maximum Gasteiger partial charge on any atom is 0.337 e. The van der Waals surface area contributed by atoms with E-state index in [0.29, 0.717) is 28.0 Å². The summed E-state index contributed by atoms with van der Waals surface area (Å²) >= 11 is 0. The van der Waals surface area contributed by atoms with E-state index in [-0.39, 0.29) is 16.4 Å². The second-order valence-corrected chi connectivity index (χ2v) is 8.18. The Hall–Kier alpha value is -3.31. The van der Waals surface area contributed by atoms with Crippen molar-refractivity contribution in [3.05, 3.63) is 53.1 Å². The van der Waals surface area contributed by atoms with Crippen molar-refractivity contribution in [2.75, 3.05) is 12.4 Å². The second-order valence-electron chi connectivity index (χ2n) is 6.29. The fourth-order valence-corrected chi connectivity index (χ4v) is 4.18. The van der Waals surface area contributed by atoms with Gasteiger partial charge < -0.3 is 10.4 Å². The van der Waals surface area contributed by atoms with E-state index in [1.807, 2.05) is 0 Å². The topological polar surface area (TPSA) is 143 Å². The van der Waals surface area contributed by atoms with Crippen molar-refractivity contribution in [2.24, 2.45) is 0 Å². The Balaban J connectivity index is 1.96. The van der Waals surface area contributed by atoms with Crippen LogP contribution < -0.4 is 10.0 Å². The van der Waals surface area contributed by atoms with Gasteiger partial charge in [-0.2, -0.15) is 5.10 Å². The van der Waals surface area contributed by atoms with Crippen LogP contribution >= 0.6 is 0 Å². The molecule has 0 radical (unpaired) electrons. The number of hydrogen-bond donors (Lipinski definition) is 3. The zero-order valence-corrected chi connectivity index (χ0v) is 15.6. The Kier molecular flexibility index (Phi) is 3.94. The summed E-state index contributed by atoms with van der Waals surface area (Å²) in [4.78, 5) is 28.4. The van der Waals surface area contributed by atoms with Crippen LogP contribution in [0.1, 0.15) is 33.1 Å². The van der Waals surface area contributed by atoms with Gasteiger partial charge in [-0.1, -0.05) is 0 Å². The molecule has 144 valence electrons. The first-order valence-corrected chi connectivity index (χ1v) is 9.67. The van der Waals surface area contributed by atoms with Gasteiger partial charge in [0.25, 0.3) is 0 Å². The van der Waals surface area contributed by atoms with Crippen molar-refractivity contribution in [1.29, 1.82) is 0 Å². The molecule has 3 aromatic rings. The van der Waals surface area contributed by atoms with Gasteiger partial charge >= 0.3 is 5.97 Å². The molecule has 3 N–H and O–H groups in total. The fraction of sp³-hybridized carbons (Fsp3) is 0.176. The van der Waals surface area contributed by atoms with Gasteiger partial charge in [-0.3, -0.25) is 4.79 Å². The molecule has 4 rings (SSSR count). The third kappa shape index (κ3) is 2.55. The number of carboxylic acid groups (broad SMARTS) is 1. The predicted molar refractivity (Wildman–Crippen MR) is 97.8 cm³/mol. The molecule has 10 nitrogen and oxygen atoms in total. The number of sulfonamides is 1. The number of aryl methyl sites for hydroxylation is 1. The highest BCUT2D eigenvalue weighted by molar-refractivity contribution is 7.89. The van der Waals surface area contributed by atoms with Crippen LogP contribution in [0.5, 0.6) is 0 Å². The molecule has 1 unspecified atom stereocenters.